The molecule has 0 aliphatic heterocycles. The summed E-state index contributed by atoms with van der Waals surface area (Å²) >= 11 is 0. The minimum atomic E-state index is 0.803. The molecule has 0 amide bonds. The van der Waals surface area contributed by atoms with Crippen LogP contribution in [0.1, 0.15) is 0 Å². The number of H-pyrrole nitrogens is 1. The Balaban J connectivity index is 2.02. The number of hydrogen-bond donors (Lipinski definition) is 1. The van der Waals surface area contributed by atoms with Crippen molar-refractivity contribution in [3.05, 3.63) is 67.5 Å². The number of aromatic amines is 1. The molecule has 0 radical (unpaired) electrons. The Bertz CT molecular complexity index is 904. The molecule has 110 valence electrons. The zero-order chi connectivity index (χ0) is 15.5. The highest BCUT2D eigenvalue weighted by atomic mass is 15.1. The Labute approximate surface area is 132 Å². The van der Waals surface area contributed by atoms with Gasteiger partial charge in [-0.05, 0) is 29.8 Å². The summed E-state index contributed by atoms with van der Waals surface area (Å²) in [6, 6.07) is 9.66. The highest BCUT2D eigenvalue weighted by Gasteiger charge is 2.16. The van der Waals surface area contributed by atoms with Gasteiger partial charge in [-0.1, -0.05) is 6.07 Å². The molecule has 1 N–H and O–H groups in total. The van der Waals surface area contributed by atoms with Gasteiger partial charge in [0.25, 0.3) is 0 Å². The third-order valence-corrected chi connectivity index (χ3v) is 3.54. The van der Waals surface area contributed by atoms with E-state index in [0.29, 0.717) is 0 Å². The predicted molar refractivity (Wildman–Crippen MR) is 86.1 cm³/mol. The van der Waals surface area contributed by atoms with Gasteiger partial charge in [-0.15, -0.1) is 0 Å². The largest absolute Gasteiger partial charge is 0.285 e. The van der Waals surface area contributed by atoms with Crippen LogP contribution < -0.4 is 0 Å². The second-order valence-corrected chi connectivity index (χ2v) is 4.92. The third-order valence-electron chi connectivity index (χ3n) is 3.54. The van der Waals surface area contributed by atoms with E-state index in [2.05, 4.69) is 30.4 Å². The maximum absolute atomic E-state index is 4.55. The quantitative estimate of drug-likeness (QED) is 0.629. The first-order valence-electron chi connectivity index (χ1n) is 7.10. The lowest BCUT2D eigenvalue weighted by Gasteiger charge is -2.12. The van der Waals surface area contributed by atoms with Gasteiger partial charge < -0.3 is 0 Å². The molecule has 0 aliphatic carbocycles. The van der Waals surface area contributed by atoms with Crippen molar-refractivity contribution in [3.8, 4) is 33.6 Å². The lowest BCUT2D eigenvalue weighted by Crippen LogP contribution is -1.95. The van der Waals surface area contributed by atoms with Crippen LogP contribution >= 0.6 is 0 Å². The van der Waals surface area contributed by atoms with E-state index in [1.54, 1.807) is 31.0 Å². The Morgan fingerprint density at radius 1 is 0.783 bits per heavy atom. The van der Waals surface area contributed by atoms with Crippen LogP contribution in [0.3, 0.4) is 0 Å². The number of nitrogens with one attached hydrogen (secondary N) is 1. The second-order valence-electron chi connectivity index (χ2n) is 4.92. The van der Waals surface area contributed by atoms with Gasteiger partial charge in [0.15, 0.2) is 0 Å². The van der Waals surface area contributed by atoms with E-state index < -0.39 is 0 Å². The minimum Gasteiger partial charge on any atom is -0.285 e. The standard InChI is InChI=1S/C17H12N6/c1-2-6-18-15(3-1)17-16(12-4-8-20-21-9-12)14(5-7-19-17)13-10-22-23-11-13/h1-11H,(H,22,23). The van der Waals surface area contributed by atoms with Crippen LogP contribution in [0.2, 0.25) is 0 Å². The number of aromatic nitrogens is 6. The van der Waals surface area contributed by atoms with Gasteiger partial charge >= 0.3 is 0 Å². The van der Waals surface area contributed by atoms with Gasteiger partial charge in [0.1, 0.15) is 0 Å². The highest BCUT2D eigenvalue weighted by molar-refractivity contribution is 5.91. The maximum atomic E-state index is 4.55. The van der Waals surface area contributed by atoms with Crippen LogP contribution in [0.4, 0.5) is 0 Å². The molecule has 0 spiro atoms. The molecule has 0 saturated carbocycles. The predicted octanol–water partition coefficient (Wildman–Crippen LogP) is 2.99. The zero-order valence-corrected chi connectivity index (χ0v) is 12.1. The fourth-order valence-electron chi connectivity index (χ4n) is 2.53. The molecule has 4 aromatic rings. The van der Waals surface area contributed by atoms with Crippen molar-refractivity contribution >= 4 is 0 Å². The van der Waals surface area contributed by atoms with Crippen molar-refractivity contribution in [3.63, 3.8) is 0 Å². The first-order valence-corrected chi connectivity index (χ1v) is 7.10. The summed E-state index contributed by atoms with van der Waals surface area (Å²) in [5.41, 5.74) is 5.51. The zero-order valence-electron chi connectivity index (χ0n) is 12.1. The molecule has 6 heteroatoms. The Morgan fingerprint density at radius 2 is 1.78 bits per heavy atom. The van der Waals surface area contributed by atoms with Gasteiger partial charge in [-0.3, -0.25) is 15.1 Å². The molecule has 4 aromatic heterocycles. The first kappa shape index (κ1) is 13.3. The summed E-state index contributed by atoms with van der Waals surface area (Å²) in [6.45, 7) is 0. The van der Waals surface area contributed by atoms with Crippen LogP contribution in [0, 0.1) is 0 Å². The van der Waals surface area contributed by atoms with Gasteiger partial charge in [-0.25, -0.2) is 0 Å². The van der Waals surface area contributed by atoms with E-state index in [9.17, 15) is 0 Å². The van der Waals surface area contributed by atoms with E-state index in [4.69, 9.17) is 0 Å². The molecule has 23 heavy (non-hydrogen) atoms. The van der Waals surface area contributed by atoms with Crippen molar-refractivity contribution in [1.82, 2.24) is 30.4 Å². The van der Waals surface area contributed by atoms with Crippen molar-refractivity contribution in [2.45, 2.75) is 0 Å². The summed E-state index contributed by atoms with van der Waals surface area (Å²) in [6.07, 6.45) is 10.6. The summed E-state index contributed by atoms with van der Waals surface area (Å²) in [5.74, 6) is 0. The first-order chi connectivity index (χ1) is 11.4. The number of hydrogen-bond acceptors (Lipinski definition) is 5. The number of pyridine rings is 2. The Kier molecular flexibility index (Phi) is 3.32. The van der Waals surface area contributed by atoms with E-state index in [1.807, 2.05) is 36.5 Å². The molecular formula is C17H12N6. The monoisotopic (exact) mass is 300 g/mol. The fraction of sp³-hybridized carbons (Fsp3) is 0. The average molecular weight is 300 g/mol. The SMILES string of the molecule is c1ccc(-c2nccc(-c3cn[nH]c3)c2-c2ccnnc2)nc1. The summed E-state index contributed by atoms with van der Waals surface area (Å²) < 4.78 is 0. The fourth-order valence-corrected chi connectivity index (χ4v) is 2.53. The van der Waals surface area contributed by atoms with E-state index >= 15 is 0 Å². The molecule has 0 saturated heterocycles. The third kappa shape index (κ3) is 2.46. The minimum absolute atomic E-state index is 0.803. The lowest BCUT2D eigenvalue weighted by atomic mass is 9.95. The summed E-state index contributed by atoms with van der Waals surface area (Å²) in [4.78, 5) is 8.99. The lowest BCUT2D eigenvalue weighted by molar-refractivity contribution is 1.03. The topological polar surface area (TPSA) is 80.2 Å². The van der Waals surface area contributed by atoms with Gasteiger partial charge in [0.05, 0.1) is 30.0 Å². The molecule has 4 rings (SSSR count). The molecule has 0 fully saturated rings. The van der Waals surface area contributed by atoms with Gasteiger partial charge in [-0.2, -0.15) is 15.3 Å². The molecule has 0 bridgehead atoms. The molecule has 0 atom stereocenters. The van der Waals surface area contributed by atoms with Gasteiger partial charge in [0.2, 0.25) is 0 Å². The van der Waals surface area contributed by atoms with Crippen molar-refractivity contribution < 1.29 is 0 Å². The molecule has 0 aromatic carbocycles. The van der Waals surface area contributed by atoms with Crippen molar-refractivity contribution in [1.29, 1.82) is 0 Å². The molecule has 6 nitrogen and oxygen atoms in total. The van der Waals surface area contributed by atoms with Gasteiger partial charge in [0, 0.05) is 35.3 Å². The van der Waals surface area contributed by atoms with Crippen LogP contribution in [0.5, 0.6) is 0 Å². The Hall–Kier alpha value is -3.41. The van der Waals surface area contributed by atoms with Crippen molar-refractivity contribution in [2.24, 2.45) is 0 Å². The van der Waals surface area contributed by atoms with Crippen LogP contribution in [0.15, 0.2) is 67.5 Å². The highest BCUT2D eigenvalue weighted by Crippen LogP contribution is 2.37. The van der Waals surface area contributed by atoms with Crippen LogP contribution in [0.25, 0.3) is 33.6 Å². The average Bonchev–Trinajstić information content (AvgIpc) is 3.17. The second kappa shape index (κ2) is 5.76. The van der Waals surface area contributed by atoms with E-state index in [-0.39, 0.29) is 0 Å². The van der Waals surface area contributed by atoms with E-state index in [1.165, 1.54) is 0 Å². The summed E-state index contributed by atoms with van der Waals surface area (Å²) in [5, 5.41) is 14.8. The Morgan fingerprint density at radius 3 is 2.52 bits per heavy atom. The van der Waals surface area contributed by atoms with Crippen molar-refractivity contribution in [2.75, 3.05) is 0 Å². The smallest absolute Gasteiger partial charge is 0.0971 e. The summed E-state index contributed by atoms with van der Waals surface area (Å²) in [7, 11) is 0. The van der Waals surface area contributed by atoms with Crippen LogP contribution in [-0.2, 0) is 0 Å². The molecule has 4 heterocycles. The molecule has 0 aliphatic rings. The number of rotatable bonds is 3. The molecule has 0 unspecified atom stereocenters. The van der Waals surface area contributed by atoms with E-state index in [0.717, 1.165) is 33.6 Å². The van der Waals surface area contributed by atoms with Crippen LogP contribution in [-0.4, -0.2) is 30.4 Å². The molecular weight excluding hydrogens is 288 g/mol. The normalized spacial score (nSPS) is 10.6. The maximum Gasteiger partial charge on any atom is 0.0971 e. The number of nitrogens with zero attached hydrogens (tertiary/aromatic N) is 5.